The molecule has 0 radical (unpaired) electrons. The van der Waals surface area contributed by atoms with Crippen LogP contribution in [0.4, 0.5) is 0 Å². The molecule has 0 fully saturated rings. The van der Waals surface area contributed by atoms with Crippen LogP contribution in [0.5, 0.6) is 11.5 Å². The normalized spacial score (nSPS) is 11.3. The van der Waals surface area contributed by atoms with Gasteiger partial charge in [-0.25, -0.2) is 9.63 Å². The van der Waals surface area contributed by atoms with E-state index in [9.17, 15) is 13.2 Å². The molecule has 32 heavy (non-hydrogen) atoms. The Labute approximate surface area is 195 Å². The number of carbonyl (C=O) groups excluding carboxylic acids is 1. The topological polar surface area (TPSA) is 94.1 Å². The number of benzene rings is 3. The monoisotopic (exact) mass is 516 g/mol. The first kappa shape index (κ1) is 23.5. The third kappa shape index (κ3) is 6.41. The largest absolute Gasteiger partial charge is 0.494 e. The van der Waals surface area contributed by atoms with E-state index >= 15 is 0 Å². The zero-order valence-corrected chi connectivity index (χ0v) is 19.6. The highest BCUT2D eigenvalue weighted by molar-refractivity contribution is 9.10. The summed E-state index contributed by atoms with van der Waals surface area (Å²) in [5.41, 5.74) is 0.760. The van der Waals surface area contributed by atoms with Crippen LogP contribution < -0.4 is 14.3 Å². The van der Waals surface area contributed by atoms with E-state index in [4.69, 9.17) is 9.47 Å². The van der Waals surface area contributed by atoms with E-state index in [1.807, 2.05) is 6.92 Å². The molecule has 0 aliphatic carbocycles. The van der Waals surface area contributed by atoms with Gasteiger partial charge in [-0.1, -0.05) is 41.1 Å². The van der Waals surface area contributed by atoms with Gasteiger partial charge in [-0.15, -0.1) is 0 Å². The number of carbonyl (C=O) groups is 1. The summed E-state index contributed by atoms with van der Waals surface area (Å²) in [7, 11) is -3.81. The van der Waals surface area contributed by atoms with Crippen LogP contribution >= 0.6 is 15.9 Å². The van der Waals surface area contributed by atoms with Crippen molar-refractivity contribution in [1.82, 2.24) is 4.83 Å². The first-order chi connectivity index (χ1) is 15.4. The molecule has 3 aromatic rings. The minimum absolute atomic E-state index is 0.0874. The van der Waals surface area contributed by atoms with Crippen LogP contribution in [0, 0.1) is 0 Å². The van der Waals surface area contributed by atoms with Crippen molar-refractivity contribution in [2.24, 2.45) is 5.10 Å². The minimum atomic E-state index is -3.81. The summed E-state index contributed by atoms with van der Waals surface area (Å²) in [6.45, 7) is 2.61. The van der Waals surface area contributed by atoms with Gasteiger partial charge in [0.05, 0.1) is 23.3 Å². The summed E-state index contributed by atoms with van der Waals surface area (Å²) in [5.74, 6) is 0.339. The van der Waals surface area contributed by atoms with Crippen LogP contribution in [0.1, 0.15) is 29.3 Å². The van der Waals surface area contributed by atoms with Crippen molar-refractivity contribution in [3.8, 4) is 11.5 Å². The Balaban J connectivity index is 1.73. The Morgan fingerprint density at radius 3 is 2.47 bits per heavy atom. The van der Waals surface area contributed by atoms with Gasteiger partial charge in [0.15, 0.2) is 0 Å². The molecule has 7 nitrogen and oxygen atoms in total. The van der Waals surface area contributed by atoms with Crippen LogP contribution in [-0.4, -0.2) is 27.2 Å². The zero-order valence-electron chi connectivity index (χ0n) is 17.2. The Morgan fingerprint density at radius 1 is 1.06 bits per heavy atom. The van der Waals surface area contributed by atoms with Crippen LogP contribution in [0.15, 0.2) is 87.3 Å². The summed E-state index contributed by atoms with van der Waals surface area (Å²) < 4.78 is 36.3. The molecule has 166 valence electrons. The van der Waals surface area contributed by atoms with Gasteiger partial charge in [-0.05, 0) is 61.0 Å². The fourth-order valence-corrected chi connectivity index (χ4v) is 3.79. The molecular weight excluding hydrogens is 496 g/mol. The van der Waals surface area contributed by atoms with Gasteiger partial charge in [0.25, 0.3) is 10.0 Å². The number of sulfonamides is 1. The van der Waals surface area contributed by atoms with Crippen molar-refractivity contribution < 1.29 is 22.7 Å². The number of hydrazone groups is 1. The summed E-state index contributed by atoms with van der Waals surface area (Å²) in [6.07, 6.45) is 2.16. The van der Waals surface area contributed by atoms with Gasteiger partial charge < -0.3 is 9.47 Å². The number of nitrogens with zero attached hydrogens (tertiary/aromatic N) is 1. The molecule has 3 rings (SSSR count). The molecule has 0 saturated heterocycles. The van der Waals surface area contributed by atoms with E-state index in [0.717, 1.165) is 6.42 Å². The minimum Gasteiger partial charge on any atom is -0.494 e. The second-order valence-corrected chi connectivity index (χ2v) is 9.19. The van der Waals surface area contributed by atoms with Crippen molar-refractivity contribution in [2.75, 3.05) is 6.61 Å². The van der Waals surface area contributed by atoms with E-state index in [2.05, 4.69) is 25.9 Å². The van der Waals surface area contributed by atoms with E-state index in [1.165, 1.54) is 18.3 Å². The van der Waals surface area contributed by atoms with Gasteiger partial charge in [-0.3, -0.25) is 0 Å². The van der Waals surface area contributed by atoms with Gasteiger partial charge in [-0.2, -0.15) is 13.5 Å². The maximum absolute atomic E-state index is 12.6. The molecule has 0 atom stereocenters. The average molecular weight is 517 g/mol. The van der Waals surface area contributed by atoms with Crippen molar-refractivity contribution >= 4 is 38.1 Å². The lowest BCUT2D eigenvalue weighted by Crippen LogP contribution is -2.18. The zero-order chi connectivity index (χ0) is 23.0. The van der Waals surface area contributed by atoms with Gasteiger partial charge in [0, 0.05) is 10.0 Å². The number of nitrogens with one attached hydrogen (secondary N) is 1. The maximum atomic E-state index is 12.6. The van der Waals surface area contributed by atoms with Gasteiger partial charge >= 0.3 is 5.97 Å². The van der Waals surface area contributed by atoms with Gasteiger partial charge in [0.1, 0.15) is 11.5 Å². The Bertz CT molecular complexity index is 1200. The third-order valence-electron chi connectivity index (χ3n) is 4.17. The van der Waals surface area contributed by atoms with Crippen molar-refractivity contribution in [3.05, 3.63) is 88.4 Å². The van der Waals surface area contributed by atoms with E-state index in [1.54, 1.807) is 60.7 Å². The predicted octanol–water partition coefficient (Wildman–Crippen LogP) is 4.77. The molecule has 0 aromatic heterocycles. The predicted molar refractivity (Wildman–Crippen MR) is 126 cm³/mol. The first-order valence-electron chi connectivity index (χ1n) is 9.73. The van der Waals surface area contributed by atoms with Crippen molar-refractivity contribution in [1.29, 1.82) is 0 Å². The summed E-state index contributed by atoms with van der Waals surface area (Å²) in [4.78, 5) is 14.8. The van der Waals surface area contributed by atoms with Crippen molar-refractivity contribution in [3.63, 3.8) is 0 Å². The number of esters is 1. The van der Waals surface area contributed by atoms with Crippen molar-refractivity contribution in [2.45, 2.75) is 18.2 Å². The second kappa shape index (κ2) is 10.9. The molecule has 0 heterocycles. The van der Waals surface area contributed by atoms with Crippen LogP contribution in [-0.2, 0) is 10.0 Å². The first-order valence-corrected chi connectivity index (χ1v) is 12.0. The molecule has 9 heteroatoms. The average Bonchev–Trinajstić information content (AvgIpc) is 2.80. The van der Waals surface area contributed by atoms with Crippen LogP contribution in [0.25, 0.3) is 0 Å². The molecule has 3 aromatic carbocycles. The molecule has 0 aliphatic rings. The molecule has 0 saturated carbocycles. The lowest BCUT2D eigenvalue weighted by molar-refractivity contribution is 0.0734. The molecule has 0 unspecified atom stereocenters. The Kier molecular flexibility index (Phi) is 8.02. The maximum Gasteiger partial charge on any atom is 0.343 e. The molecular formula is C23H21BrN2O5S. The number of hydrogen-bond acceptors (Lipinski definition) is 6. The van der Waals surface area contributed by atoms with Crippen LogP contribution in [0.3, 0.4) is 0 Å². The van der Waals surface area contributed by atoms with E-state index in [0.29, 0.717) is 28.0 Å². The quantitative estimate of drug-likeness (QED) is 0.191. The summed E-state index contributed by atoms with van der Waals surface area (Å²) in [5, 5.41) is 3.82. The summed E-state index contributed by atoms with van der Waals surface area (Å²) in [6, 6.07) is 19.5. The van der Waals surface area contributed by atoms with Crippen LogP contribution in [0.2, 0.25) is 0 Å². The molecule has 0 spiro atoms. The smallest absolute Gasteiger partial charge is 0.343 e. The highest BCUT2D eigenvalue weighted by Gasteiger charge is 2.14. The molecule has 1 N–H and O–H groups in total. The Hall–Kier alpha value is -3.17. The van der Waals surface area contributed by atoms with Gasteiger partial charge in [0.2, 0.25) is 0 Å². The standard InChI is InChI=1S/C23H21BrN2O5S/c1-2-14-30-20-11-8-17(9-12-20)23(27)31-22-13-10-19(24)15-18(22)16-25-26-32(28,29)21-6-4-3-5-7-21/h3-13,15-16,26H,2,14H2,1H3/b25-16+. The van der Waals surface area contributed by atoms with E-state index < -0.39 is 16.0 Å². The SMILES string of the molecule is CCCOc1ccc(C(=O)Oc2ccc(Br)cc2/C=N/NS(=O)(=O)c2ccccc2)cc1. The molecule has 0 bridgehead atoms. The highest BCUT2D eigenvalue weighted by atomic mass is 79.9. The number of ether oxygens (including phenoxy) is 2. The number of hydrogen-bond donors (Lipinski definition) is 1. The Morgan fingerprint density at radius 2 is 1.78 bits per heavy atom. The molecule has 0 aliphatic heterocycles. The highest BCUT2D eigenvalue weighted by Crippen LogP contribution is 2.23. The fourth-order valence-electron chi connectivity index (χ4n) is 2.60. The molecule has 0 amide bonds. The van der Waals surface area contributed by atoms with E-state index in [-0.39, 0.29) is 10.6 Å². The number of rotatable bonds is 9. The lowest BCUT2D eigenvalue weighted by Gasteiger charge is -2.09. The summed E-state index contributed by atoms with van der Waals surface area (Å²) >= 11 is 3.35. The number of halogens is 1. The lowest BCUT2D eigenvalue weighted by atomic mass is 10.2. The fraction of sp³-hybridized carbons (Fsp3) is 0.130. The third-order valence-corrected chi connectivity index (χ3v) is 5.90. The second-order valence-electron chi connectivity index (χ2n) is 6.61.